The molecule has 0 radical (unpaired) electrons. The molecule has 6 atom stereocenters. The van der Waals surface area contributed by atoms with Gasteiger partial charge in [0.15, 0.2) is 5.78 Å². The fourth-order valence-electron chi connectivity index (χ4n) is 4.04. The number of rotatable bonds is 0. The van der Waals surface area contributed by atoms with E-state index in [9.17, 15) is 4.79 Å². The standard InChI is InChI=1S/C8H7ClO/c9-8-3-1-2-4(6(2)8)5(3)7(8)10/h2-6H,1H2. The minimum absolute atomic E-state index is 0.306. The maximum Gasteiger partial charge on any atom is 0.158 e. The Morgan fingerprint density at radius 2 is 2.40 bits per heavy atom. The molecule has 0 heterocycles. The van der Waals surface area contributed by atoms with Crippen LogP contribution in [0, 0.1) is 29.6 Å². The van der Waals surface area contributed by atoms with Crippen LogP contribution in [0.2, 0.25) is 0 Å². The topological polar surface area (TPSA) is 17.1 Å². The summed E-state index contributed by atoms with van der Waals surface area (Å²) in [7, 11) is 0. The molecule has 6 unspecified atom stereocenters. The Kier molecular flexibility index (Phi) is 0.434. The molecule has 0 N–H and O–H groups in total. The fraction of sp³-hybridized carbons (Fsp3) is 0.875. The molecular formula is C8H7ClO. The maximum absolute atomic E-state index is 11.3. The van der Waals surface area contributed by atoms with Gasteiger partial charge >= 0.3 is 0 Å². The molecule has 10 heavy (non-hydrogen) atoms. The number of hydrogen-bond acceptors (Lipinski definition) is 1. The van der Waals surface area contributed by atoms with Crippen molar-refractivity contribution in [2.75, 3.05) is 0 Å². The summed E-state index contributed by atoms with van der Waals surface area (Å²) in [4.78, 5) is 11.0. The number of alkyl halides is 1. The first-order chi connectivity index (χ1) is 4.76. The highest BCUT2D eigenvalue weighted by atomic mass is 35.5. The van der Waals surface area contributed by atoms with E-state index in [1.165, 1.54) is 6.42 Å². The number of ketones is 1. The maximum atomic E-state index is 11.3. The van der Waals surface area contributed by atoms with E-state index < -0.39 is 0 Å². The van der Waals surface area contributed by atoms with Crippen LogP contribution in [0.25, 0.3) is 0 Å². The van der Waals surface area contributed by atoms with Crippen molar-refractivity contribution in [3.05, 3.63) is 0 Å². The van der Waals surface area contributed by atoms with Gasteiger partial charge in [-0.25, -0.2) is 0 Å². The Morgan fingerprint density at radius 1 is 1.60 bits per heavy atom. The van der Waals surface area contributed by atoms with E-state index in [0.717, 1.165) is 11.8 Å². The number of carbonyl (C=O) groups excluding carboxylic acids is 1. The van der Waals surface area contributed by atoms with Gasteiger partial charge in [-0.05, 0) is 30.1 Å². The van der Waals surface area contributed by atoms with Crippen molar-refractivity contribution in [2.45, 2.75) is 11.3 Å². The van der Waals surface area contributed by atoms with Crippen molar-refractivity contribution in [3.63, 3.8) is 0 Å². The lowest BCUT2D eigenvalue weighted by atomic mass is 9.71. The molecule has 52 valence electrons. The van der Waals surface area contributed by atoms with Gasteiger partial charge in [0.2, 0.25) is 0 Å². The Balaban J connectivity index is 2.07. The summed E-state index contributed by atoms with van der Waals surface area (Å²) in [6.07, 6.45) is 1.27. The molecule has 6 bridgehead atoms. The molecule has 0 spiro atoms. The van der Waals surface area contributed by atoms with Gasteiger partial charge in [0.05, 0.1) is 0 Å². The fourth-order valence-corrected chi connectivity index (χ4v) is 4.70. The van der Waals surface area contributed by atoms with Gasteiger partial charge in [0.1, 0.15) is 4.87 Å². The van der Waals surface area contributed by atoms with Crippen molar-refractivity contribution in [3.8, 4) is 0 Å². The van der Waals surface area contributed by atoms with Crippen LogP contribution in [0.5, 0.6) is 0 Å². The van der Waals surface area contributed by atoms with Gasteiger partial charge in [-0.3, -0.25) is 4.79 Å². The highest BCUT2D eigenvalue weighted by Crippen LogP contribution is 2.86. The summed E-state index contributed by atoms with van der Waals surface area (Å²) in [5, 5.41) is 0. The second kappa shape index (κ2) is 0.911. The second-order valence-corrected chi connectivity index (χ2v) is 4.89. The van der Waals surface area contributed by atoms with E-state index in [0.29, 0.717) is 23.5 Å². The highest BCUT2D eigenvalue weighted by Gasteiger charge is 2.90. The van der Waals surface area contributed by atoms with Crippen LogP contribution < -0.4 is 0 Å². The molecule has 0 aromatic carbocycles. The predicted octanol–water partition coefficient (Wildman–Crippen LogP) is 1.06. The zero-order valence-corrected chi connectivity index (χ0v) is 6.14. The molecule has 5 aliphatic carbocycles. The van der Waals surface area contributed by atoms with Crippen molar-refractivity contribution >= 4 is 17.4 Å². The van der Waals surface area contributed by atoms with Gasteiger partial charge in [-0.2, -0.15) is 0 Å². The van der Waals surface area contributed by atoms with E-state index in [-0.39, 0.29) is 4.87 Å². The SMILES string of the molecule is O=C1C2C3C4CC2C1(Cl)C43. The predicted molar refractivity (Wildman–Crippen MR) is 35.7 cm³/mol. The first-order valence-corrected chi connectivity index (χ1v) is 4.37. The Morgan fingerprint density at radius 3 is 2.70 bits per heavy atom. The molecule has 2 heteroatoms. The smallest absolute Gasteiger partial charge is 0.158 e. The summed E-state index contributed by atoms with van der Waals surface area (Å²) in [5.74, 6) is 3.72. The van der Waals surface area contributed by atoms with E-state index >= 15 is 0 Å². The number of carbonyl (C=O) groups is 1. The van der Waals surface area contributed by atoms with Crippen LogP contribution >= 0.6 is 11.6 Å². The van der Waals surface area contributed by atoms with E-state index in [4.69, 9.17) is 11.6 Å². The Bertz CT molecular complexity index is 270. The van der Waals surface area contributed by atoms with Gasteiger partial charge < -0.3 is 0 Å². The van der Waals surface area contributed by atoms with Crippen LogP contribution in [-0.4, -0.2) is 10.7 Å². The first-order valence-electron chi connectivity index (χ1n) is 3.99. The summed E-state index contributed by atoms with van der Waals surface area (Å²) >= 11 is 6.22. The zero-order valence-electron chi connectivity index (χ0n) is 5.38. The van der Waals surface area contributed by atoms with E-state index in [1.54, 1.807) is 0 Å². The average molecular weight is 155 g/mol. The van der Waals surface area contributed by atoms with Crippen LogP contribution in [0.3, 0.4) is 0 Å². The van der Waals surface area contributed by atoms with Crippen LogP contribution in [0.4, 0.5) is 0 Å². The highest BCUT2D eigenvalue weighted by molar-refractivity contribution is 6.41. The molecule has 5 fully saturated rings. The third-order valence-corrected chi connectivity index (χ3v) is 5.03. The molecule has 0 saturated heterocycles. The molecule has 0 amide bonds. The first kappa shape index (κ1) is 4.76. The van der Waals surface area contributed by atoms with Gasteiger partial charge in [0.25, 0.3) is 0 Å². The van der Waals surface area contributed by atoms with Gasteiger partial charge in [-0.1, -0.05) is 0 Å². The normalized spacial score (nSPS) is 79.7. The molecular weight excluding hydrogens is 148 g/mol. The van der Waals surface area contributed by atoms with Crippen molar-refractivity contribution < 1.29 is 4.79 Å². The molecule has 5 saturated carbocycles. The lowest BCUT2D eigenvalue weighted by Crippen LogP contribution is -2.52. The van der Waals surface area contributed by atoms with Crippen LogP contribution in [0.15, 0.2) is 0 Å². The number of halogens is 1. The molecule has 1 nitrogen and oxygen atoms in total. The minimum atomic E-state index is -0.306. The van der Waals surface area contributed by atoms with E-state index in [1.807, 2.05) is 0 Å². The molecule has 0 aromatic heterocycles. The third-order valence-electron chi connectivity index (χ3n) is 4.31. The van der Waals surface area contributed by atoms with Crippen LogP contribution in [-0.2, 0) is 4.79 Å². The van der Waals surface area contributed by atoms with Gasteiger partial charge in [0, 0.05) is 5.92 Å². The van der Waals surface area contributed by atoms with Gasteiger partial charge in [-0.15, -0.1) is 11.6 Å². The second-order valence-electron chi connectivity index (χ2n) is 4.27. The number of Topliss-reactive ketones (excluding diaryl/α,β-unsaturated/α-hetero) is 1. The largest absolute Gasteiger partial charge is 0.297 e. The quantitative estimate of drug-likeness (QED) is 0.477. The molecule has 5 aliphatic rings. The summed E-state index contributed by atoms with van der Waals surface area (Å²) in [6, 6.07) is 0. The van der Waals surface area contributed by atoms with Crippen molar-refractivity contribution in [2.24, 2.45) is 29.6 Å². The lowest BCUT2D eigenvalue weighted by molar-refractivity contribution is -0.134. The average Bonchev–Trinajstić information content (AvgIpc) is 2.21. The molecule has 5 rings (SSSR count). The third kappa shape index (κ3) is 0.200. The number of hydrogen-bond donors (Lipinski definition) is 0. The summed E-state index contributed by atoms with van der Waals surface area (Å²) in [6.45, 7) is 0. The zero-order chi connectivity index (χ0) is 6.67. The summed E-state index contributed by atoms with van der Waals surface area (Å²) in [5.41, 5.74) is 0. The van der Waals surface area contributed by atoms with E-state index in [2.05, 4.69) is 0 Å². The minimum Gasteiger partial charge on any atom is -0.297 e. The lowest BCUT2D eigenvalue weighted by Gasteiger charge is -2.38. The summed E-state index contributed by atoms with van der Waals surface area (Å²) < 4.78 is 0. The Labute approximate surface area is 63.7 Å². The van der Waals surface area contributed by atoms with Crippen molar-refractivity contribution in [1.29, 1.82) is 0 Å². The van der Waals surface area contributed by atoms with Crippen molar-refractivity contribution in [1.82, 2.24) is 0 Å². The monoisotopic (exact) mass is 154 g/mol. The Hall–Kier alpha value is -0.0400. The molecule has 0 aromatic rings. The molecule has 0 aliphatic heterocycles. The van der Waals surface area contributed by atoms with Crippen LogP contribution in [0.1, 0.15) is 6.42 Å².